The van der Waals surface area contributed by atoms with Crippen LogP contribution < -0.4 is 10.6 Å². The van der Waals surface area contributed by atoms with Crippen LogP contribution in [0.5, 0.6) is 0 Å². The zero-order valence-electron chi connectivity index (χ0n) is 11.0. The van der Waals surface area contributed by atoms with Crippen LogP contribution in [0.15, 0.2) is 18.2 Å². The third-order valence-corrected chi connectivity index (χ3v) is 4.18. The molecule has 3 N–H and O–H groups in total. The van der Waals surface area contributed by atoms with Gasteiger partial charge < -0.3 is 15.7 Å². The predicted molar refractivity (Wildman–Crippen MR) is 84.0 cm³/mol. The molecule has 3 nitrogen and oxygen atoms in total. The first-order chi connectivity index (χ1) is 8.89. The van der Waals surface area contributed by atoms with Gasteiger partial charge in [0.2, 0.25) is 0 Å². The quantitative estimate of drug-likeness (QED) is 0.824. The molecule has 2 rings (SSSR count). The lowest BCUT2D eigenvalue weighted by molar-refractivity contribution is 0.0481. The molecule has 1 saturated heterocycles. The zero-order valence-corrected chi connectivity index (χ0v) is 12.6. The lowest BCUT2D eigenvalue weighted by Crippen LogP contribution is -2.28. The monoisotopic (exact) mass is 298 g/mol. The van der Waals surface area contributed by atoms with Crippen molar-refractivity contribution in [2.24, 2.45) is 5.73 Å². The molecule has 1 unspecified atom stereocenters. The van der Waals surface area contributed by atoms with Gasteiger partial charge in [-0.15, -0.1) is 0 Å². The first kappa shape index (κ1) is 14.6. The topological polar surface area (TPSA) is 49.5 Å². The third-order valence-electron chi connectivity index (χ3n) is 3.64. The van der Waals surface area contributed by atoms with Gasteiger partial charge in [-0.1, -0.05) is 23.8 Å². The minimum absolute atomic E-state index is 0.354. The van der Waals surface area contributed by atoms with Crippen molar-refractivity contribution in [1.29, 1.82) is 0 Å². The molecule has 1 aliphatic heterocycles. The third kappa shape index (κ3) is 3.59. The maximum absolute atomic E-state index is 10.1. The van der Waals surface area contributed by atoms with E-state index in [-0.39, 0.29) is 0 Å². The number of anilines is 1. The number of hydrogen-bond donors (Lipinski definition) is 2. The number of thiocarbonyl (C=S) groups is 1. The summed E-state index contributed by atoms with van der Waals surface area (Å²) in [5.74, 6) is 0. The van der Waals surface area contributed by atoms with Crippen LogP contribution in [0, 0.1) is 0 Å². The SMILES string of the molecule is CC1(O)CCCN(c2ccc(C(N)=S)cc2Cl)CC1. The number of nitrogens with two attached hydrogens (primary N) is 1. The average Bonchev–Trinajstić information content (AvgIpc) is 2.50. The molecule has 1 fully saturated rings. The first-order valence-corrected chi connectivity index (χ1v) is 7.24. The fourth-order valence-corrected chi connectivity index (χ4v) is 2.85. The molecule has 1 aliphatic rings. The molecule has 1 atom stereocenters. The smallest absolute Gasteiger partial charge is 0.104 e. The lowest BCUT2D eigenvalue weighted by Gasteiger charge is -2.25. The van der Waals surface area contributed by atoms with Gasteiger partial charge in [0.05, 0.1) is 16.3 Å². The summed E-state index contributed by atoms with van der Waals surface area (Å²) >= 11 is 11.3. The van der Waals surface area contributed by atoms with E-state index < -0.39 is 5.60 Å². The van der Waals surface area contributed by atoms with Crippen LogP contribution in [-0.2, 0) is 0 Å². The minimum Gasteiger partial charge on any atom is -0.390 e. The maximum Gasteiger partial charge on any atom is 0.104 e. The molecular formula is C14H19ClN2OS. The van der Waals surface area contributed by atoms with E-state index in [0.29, 0.717) is 10.0 Å². The summed E-state index contributed by atoms with van der Waals surface area (Å²) in [6, 6.07) is 5.66. The van der Waals surface area contributed by atoms with Crippen LogP contribution in [0.1, 0.15) is 31.7 Å². The van der Waals surface area contributed by atoms with Gasteiger partial charge in [0.15, 0.2) is 0 Å². The van der Waals surface area contributed by atoms with E-state index in [4.69, 9.17) is 29.6 Å². The molecule has 0 saturated carbocycles. The fourth-order valence-electron chi connectivity index (χ4n) is 2.42. The van der Waals surface area contributed by atoms with Crippen LogP contribution in [-0.4, -0.2) is 28.8 Å². The number of nitrogens with zero attached hydrogens (tertiary/aromatic N) is 1. The summed E-state index contributed by atoms with van der Waals surface area (Å²) in [4.78, 5) is 2.57. The maximum atomic E-state index is 10.1. The van der Waals surface area contributed by atoms with Gasteiger partial charge in [0, 0.05) is 18.7 Å². The Hall–Kier alpha value is -0.840. The van der Waals surface area contributed by atoms with E-state index in [2.05, 4.69) is 4.90 Å². The van der Waals surface area contributed by atoms with Gasteiger partial charge in [-0.25, -0.2) is 0 Å². The van der Waals surface area contributed by atoms with Gasteiger partial charge >= 0.3 is 0 Å². The highest BCUT2D eigenvalue weighted by Gasteiger charge is 2.25. The highest BCUT2D eigenvalue weighted by atomic mass is 35.5. The zero-order chi connectivity index (χ0) is 14.0. The highest BCUT2D eigenvalue weighted by Crippen LogP contribution is 2.31. The number of rotatable bonds is 2. The second-order valence-corrected chi connectivity index (χ2v) is 6.22. The largest absolute Gasteiger partial charge is 0.390 e. The Labute approximate surface area is 124 Å². The molecule has 104 valence electrons. The molecule has 1 heterocycles. The molecule has 1 aromatic rings. The van der Waals surface area contributed by atoms with Crippen LogP contribution in [0.25, 0.3) is 0 Å². The van der Waals surface area contributed by atoms with Crippen molar-refractivity contribution in [2.75, 3.05) is 18.0 Å². The minimum atomic E-state index is -0.569. The van der Waals surface area contributed by atoms with Crippen LogP contribution in [0.2, 0.25) is 5.02 Å². The van der Waals surface area contributed by atoms with Crippen molar-refractivity contribution in [2.45, 2.75) is 31.8 Å². The average molecular weight is 299 g/mol. The Bertz CT molecular complexity index is 490. The van der Waals surface area contributed by atoms with E-state index in [1.807, 2.05) is 25.1 Å². The molecule has 5 heteroatoms. The van der Waals surface area contributed by atoms with Crippen molar-refractivity contribution in [3.63, 3.8) is 0 Å². The van der Waals surface area contributed by atoms with Crippen LogP contribution in [0.4, 0.5) is 5.69 Å². The van der Waals surface area contributed by atoms with Crippen LogP contribution in [0.3, 0.4) is 0 Å². The molecule has 0 aliphatic carbocycles. The van der Waals surface area contributed by atoms with Gasteiger partial charge in [-0.3, -0.25) is 0 Å². The van der Waals surface area contributed by atoms with Crippen molar-refractivity contribution in [3.8, 4) is 0 Å². The van der Waals surface area contributed by atoms with Crippen LogP contribution >= 0.6 is 23.8 Å². The van der Waals surface area contributed by atoms with Gasteiger partial charge in [-0.05, 0) is 44.4 Å². The Morgan fingerprint density at radius 1 is 1.42 bits per heavy atom. The Kier molecular flexibility index (Phi) is 4.33. The summed E-state index contributed by atoms with van der Waals surface area (Å²) in [6.45, 7) is 3.61. The number of halogens is 1. The van der Waals surface area contributed by atoms with Crippen molar-refractivity contribution >= 4 is 34.5 Å². The van der Waals surface area contributed by atoms with Gasteiger partial charge in [-0.2, -0.15) is 0 Å². The molecule has 0 bridgehead atoms. The Morgan fingerprint density at radius 2 is 2.16 bits per heavy atom. The second kappa shape index (κ2) is 5.65. The van der Waals surface area contributed by atoms with Crippen molar-refractivity contribution < 1.29 is 5.11 Å². The number of benzene rings is 1. The molecule has 1 aromatic carbocycles. The highest BCUT2D eigenvalue weighted by molar-refractivity contribution is 7.80. The molecule has 19 heavy (non-hydrogen) atoms. The standard InChI is InChI=1S/C14H19ClN2OS/c1-14(18)5-2-7-17(8-6-14)12-4-3-10(13(16)19)9-11(12)15/h3-4,9,18H,2,5-8H2,1H3,(H2,16,19). The summed E-state index contributed by atoms with van der Waals surface area (Å²) in [7, 11) is 0. The molecule has 0 radical (unpaired) electrons. The van der Waals surface area contributed by atoms with Gasteiger partial charge in [0.25, 0.3) is 0 Å². The number of aliphatic hydroxyl groups is 1. The van der Waals surface area contributed by atoms with E-state index in [0.717, 1.165) is 43.6 Å². The van der Waals surface area contributed by atoms with Crippen molar-refractivity contribution in [1.82, 2.24) is 0 Å². The lowest BCUT2D eigenvalue weighted by atomic mass is 9.98. The predicted octanol–water partition coefficient (Wildman–Crippen LogP) is 2.72. The van der Waals surface area contributed by atoms with Gasteiger partial charge in [0.1, 0.15) is 4.99 Å². The Morgan fingerprint density at radius 3 is 2.79 bits per heavy atom. The fraction of sp³-hybridized carbons (Fsp3) is 0.500. The number of hydrogen-bond acceptors (Lipinski definition) is 3. The molecule has 0 amide bonds. The van der Waals surface area contributed by atoms with E-state index >= 15 is 0 Å². The van der Waals surface area contributed by atoms with E-state index in [1.54, 1.807) is 0 Å². The van der Waals surface area contributed by atoms with E-state index in [1.165, 1.54) is 0 Å². The molecular weight excluding hydrogens is 280 g/mol. The first-order valence-electron chi connectivity index (χ1n) is 6.46. The normalized spacial score (nSPS) is 24.1. The molecule has 0 aromatic heterocycles. The second-order valence-electron chi connectivity index (χ2n) is 5.37. The molecule has 0 spiro atoms. The summed E-state index contributed by atoms with van der Waals surface area (Å²) in [5, 5.41) is 10.8. The summed E-state index contributed by atoms with van der Waals surface area (Å²) < 4.78 is 0. The van der Waals surface area contributed by atoms with E-state index in [9.17, 15) is 5.11 Å². The van der Waals surface area contributed by atoms with Crippen molar-refractivity contribution in [3.05, 3.63) is 28.8 Å². The Balaban J connectivity index is 2.20. The summed E-state index contributed by atoms with van der Waals surface area (Å²) in [5.41, 5.74) is 6.80. The summed E-state index contributed by atoms with van der Waals surface area (Å²) in [6.07, 6.45) is 2.53.